The number of hydrogen-bond donors (Lipinski definition) is 3. The van der Waals surface area contributed by atoms with E-state index >= 15 is 0 Å². The molecule has 1 saturated heterocycles. The van der Waals surface area contributed by atoms with Crippen LogP contribution in [0, 0.1) is 13.8 Å². The van der Waals surface area contributed by atoms with Gasteiger partial charge in [0, 0.05) is 34.7 Å². The molecule has 15 heteroatoms. The van der Waals surface area contributed by atoms with Crippen molar-refractivity contribution in [2.75, 3.05) is 12.4 Å². The summed E-state index contributed by atoms with van der Waals surface area (Å²) in [5.74, 6) is 2.14. The summed E-state index contributed by atoms with van der Waals surface area (Å²) in [7, 11) is 1.42. The van der Waals surface area contributed by atoms with Crippen molar-refractivity contribution in [3.63, 3.8) is 0 Å². The van der Waals surface area contributed by atoms with Crippen molar-refractivity contribution in [3.8, 4) is 5.75 Å². The molecule has 1 amide bonds. The van der Waals surface area contributed by atoms with Crippen LogP contribution >= 0.6 is 11.6 Å². The summed E-state index contributed by atoms with van der Waals surface area (Å²) >= 11 is 6.27. The molecule has 4 aromatic rings. The van der Waals surface area contributed by atoms with Crippen molar-refractivity contribution < 1.29 is 23.8 Å². The Morgan fingerprint density at radius 2 is 2.10 bits per heavy atom. The summed E-state index contributed by atoms with van der Waals surface area (Å²) in [4.78, 5) is 28.1. The van der Waals surface area contributed by atoms with Crippen LogP contribution in [0.4, 0.5) is 5.82 Å². The normalized spacial score (nSPS) is 20.3. The van der Waals surface area contributed by atoms with Crippen LogP contribution < -0.4 is 15.4 Å². The van der Waals surface area contributed by atoms with Crippen molar-refractivity contribution in [3.05, 3.63) is 75.0 Å². The number of benzene rings is 1. The van der Waals surface area contributed by atoms with E-state index in [1.807, 2.05) is 19.9 Å². The van der Waals surface area contributed by atoms with E-state index in [1.165, 1.54) is 24.3 Å². The number of rotatable bonds is 9. The number of hydrogen-bond acceptors (Lipinski definition) is 10. The number of aromatic nitrogens is 4. The minimum absolute atomic E-state index is 0.304. The van der Waals surface area contributed by atoms with Gasteiger partial charge in [0.15, 0.2) is 23.2 Å². The first-order valence-electron chi connectivity index (χ1n) is 12.3. The molecule has 3 N–H and O–H groups in total. The minimum atomic E-state index is -1.32. The summed E-state index contributed by atoms with van der Waals surface area (Å²) in [6.45, 7) is 4.41. The van der Waals surface area contributed by atoms with Crippen LogP contribution in [0.1, 0.15) is 28.9 Å². The maximum absolute atomic E-state index is 12.3. The molecule has 5 rings (SSSR count). The molecular weight excluding hydrogens is 542 g/mol. The van der Waals surface area contributed by atoms with Gasteiger partial charge in [-0.3, -0.25) is 9.36 Å². The largest absolute Gasteiger partial charge is 0.488 e. The van der Waals surface area contributed by atoms with Crippen LogP contribution in [0.15, 0.2) is 46.5 Å². The molecule has 3 aromatic heterocycles. The van der Waals surface area contributed by atoms with Crippen LogP contribution in [-0.2, 0) is 22.7 Å². The van der Waals surface area contributed by atoms with Crippen molar-refractivity contribution in [2.45, 2.75) is 51.5 Å². The van der Waals surface area contributed by atoms with E-state index in [1.54, 1.807) is 18.2 Å². The lowest BCUT2D eigenvalue weighted by molar-refractivity contribution is -0.134. The first-order valence-corrected chi connectivity index (χ1v) is 12.7. The Morgan fingerprint density at radius 3 is 2.83 bits per heavy atom. The second-order valence-electron chi connectivity index (χ2n) is 9.13. The van der Waals surface area contributed by atoms with E-state index in [4.69, 9.17) is 31.0 Å². The average molecular weight is 568 g/mol. The number of fused-ring (bicyclic) bond motifs is 1. The zero-order valence-corrected chi connectivity index (χ0v) is 22.5. The first-order chi connectivity index (χ1) is 19.3. The molecule has 0 aliphatic carbocycles. The highest BCUT2D eigenvalue weighted by Gasteiger charge is 2.48. The molecule has 0 spiro atoms. The third-order valence-electron chi connectivity index (χ3n) is 6.56. The number of carbonyl (C=O) groups excluding carboxylic acids is 1. The Hall–Kier alpha value is -4.36. The van der Waals surface area contributed by atoms with Crippen LogP contribution in [0.3, 0.4) is 0 Å². The average Bonchev–Trinajstić information content (AvgIpc) is 3.61. The van der Waals surface area contributed by atoms with Gasteiger partial charge in [-0.1, -0.05) is 16.7 Å². The van der Waals surface area contributed by atoms with E-state index in [2.05, 4.69) is 35.6 Å². The van der Waals surface area contributed by atoms with Crippen molar-refractivity contribution in [1.82, 2.24) is 24.8 Å². The fraction of sp³-hybridized carbons (Fsp3) is 0.360. The monoisotopic (exact) mass is 567 g/mol. The van der Waals surface area contributed by atoms with Gasteiger partial charge in [-0.15, -0.1) is 0 Å². The molecule has 14 nitrogen and oxygen atoms in total. The lowest BCUT2D eigenvalue weighted by Gasteiger charge is -2.17. The summed E-state index contributed by atoms with van der Waals surface area (Å²) in [5, 5.41) is 20.7. The molecule has 0 unspecified atom stereocenters. The summed E-state index contributed by atoms with van der Waals surface area (Å²) in [5.41, 5.74) is 11.4. The third-order valence-corrected chi connectivity index (χ3v) is 6.79. The van der Waals surface area contributed by atoms with Gasteiger partial charge in [0.2, 0.25) is 5.91 Å². The number of aliphatic hydroxyl groups excluding tert-OH is 1. The Bertz CT molecular complexity index is 1600. The zero-order valence-electron chi connectivity index (χ0n) is 21.8. The van der Waals surface area contributed by atoms with Crippen LogP contribution in [0.25, 0.3) is 21.6 Å². The van der Waals surface area contributed by atoms with Crippen molar-refractivity contribution >= 4 is 34.5 Å². The predicted octanol–water partition coefficient (Wildman–Crippen LogP) is 3.56. The molecule has 4 atom stereocenters. The van der Waals surface area contributed by atoms with Gasteiger partial charge >= 0.3 is 0 Å². The Kier molecular flexibility index (Phi) is 7.76. The lowest BCUT2D eigenvalue weighted by Crippen LogP contribution is -2.40. The second-order valence-corrected chi connectivity index (χ2v) is 9.56. The number of nitrogens with one attached hydrogen (secondary N) is 2. The number of amides is 1. The first kappa shape index (κ1) is 27.2. The number of aryl methyl sites for hydroxylation is 2. The number of ether oxygens (including phenoxy) is 2. The Morgan fingerprint density at radius 1 is 1.27 bits per heavy atom. The maximum Gasteiger partial charge on any atom is 0.249 e. The van der Waals surface area contributed by atoms with Crippen molar-refractivity contribution in [2.24, 2.45) is 5.11 Å². The van der Waals surface area contributed by atoms with Gasteiger partial charge in [0.05, 0.1) is 6.33 Å². The number of aliphatic hydroxyl groups is 1. The fourth-order valence-electron chi connectivity index (χ4n) is 4.59. The lowest BCUT2D eigenvalue weighted by atomic mass is 10.1. The molecule has 1 fully saturated rings. The topological polar surface area (TPSA) is 185 Å². The zero-order chi connectivity index (χ0) is 28.4. The smallest absolute Gasteiger partial charge is 0.249 e. The van der Waals surface area contributed by atoms with E-state index in [0.717, 1.165) is 22.6 Å². The highest BCUT2D eigenvalue weighted by Crippen LogP contribution is 2.34. The third kappa shape index (κ3) is 5.25. The van der Waals surface area contributed by atoms with Gasteiger partial charge in [0.1, 0.15) is 48.5 Å². The molecule has 1 aliphatic heterocycles. The molecular formula is C25H26ClN9O5. The highest BCUT2D eigenvalue weighted by atomic mass is 35.5. The number of nitrogens with zero attached hydrogens (tertiary/aromatic N) is 7. The van der Waals surface area contributed by atoms with Gasteiger partial charge in [-0.2, -0.15) is 0 Å². The fourth-order valence-corrected chi connectivity index (χ4v) is 4.79. The SMILES string of the molecule is CNC(=O)[C@H]1O[C@@H](n2cnc3c(NCc4cc(Cl)ccc4OCc4cc(C)oc4C)ncnc32)[C@H](O)[C@@H]1N=[N+]=[N-]. The van der Waals surface area contributed by atoms with Crippen molar-refractivity contribution in [1.29, 1.82) is 0 Å². The quantitative estimate of drug-likeness (QED) is 0.154. The van der Waals surface area contributed by atoms with E-state index in [-0.39, 0.29) is 0 Å². The number of furan rings is 1. The van der Waals surface area contributed by atoms with Gasteiger partial charge in [-0.25, -0.2) is 15.0 Å². The summed E-state index contributed by atoms with van der Waals surface area (Å²) < 4.78 is 18.9. The van der Waals surface area contributed by atoms with Crippen LogP contribution in [0.5, 0.6) is 5.75 Å². The minimum Gasteiger partial charge on any atom is -0.488 e. The van der Waals surface area contributed by atoms with E-state index in [0.29, 0.717) is 40.9 Å². The Labute approximate surface area is 232 Å². The molecule has 0 radical (unpaired) electrons. The summed E-state index contributed by atoms with van der Waals surface area (Å²) in [6, 6.07) is 6.15. The number of azide groups is 1. The summed E-state index contributed by atoms with van der Waals surface area (Å²) in [6.07, 6.45) is -0.829. The van der Waals surface area contributed by atoms with Crippen LogP contribution in [-0.4, -0.2) is 55.8 Å². The van der Waals surface area contributed by atoms with Gasteiger partial charge in [-0.05, 0) is 43.6 Å². The Balaban J connectivity index is 1.37. The number of imidazole rings is 1. The number of likely N-dealkylation sites (N-methyl/N-ethyl adjacent to an activating group) is 1. The molecule has 1 aromatic carbocycles. The van der Waals surface area contributed by atoms with E-state index in [9.17, 15) is 9.90 Å². The number of carbonyl (C=O) groups is 1. The maximum atomic E-state index is 12.3. The molecule has 0 bridgehead atoms. The predicted molar refractivity (Wildman–Crippen MR) is 144 cm³/mol. The second kappa shape index (κ2) is 11.4. The standard InChI is InChI=1S/C25H26ClN9O5/c1-12-6-15(13(2)39-12)9-38-17-5-4-16(26)7-14(17)8-29-22-19-23(31-10-30-22)35(11-32-19)25-20(36)18(33-34-27)21(40-25)24(37)28-3/h4-7,10-11,18,20-21,25,36H,8-9H2,1-3H3,(H,28,37)(H,29,30,31)/t18-,20+,21-,25+/m0/s1. The molecule has 1 aliphatic rings. The molecule has 0 saturated carbocycles. The van der Waals surface area contributed by atoms with Gasteiger partial charge in [0.25, 0.3) is 0 Å². The highest BCUT2D eigenvalue weighted by molar-refractivity contribution is 6.30. The van der Waals surface area contributed by atoms with Gasteiger partial charge < -0.3 is 29.6 Å². The van der Waals surface area contributed by atoms with Crippen LogP contribution in [0.2, 0.25) is 5.02 Å². The van der Waals surface area contributed by atoms with E-state index < -0.39 is 30.4 Å². The number of anilines is 1. The molecule has 208 valence electrons. The molecule has 40 heavy (non-hydrogen) atoms. The molecule has 4 heterocycles. The number of halogens is 1.